The zero-order valence-corrected chi connectivity index (χ0v) is 7.53. The summed E-state index contributed by atoms with van der Waals surface area (Å²) in [5, 5.41) is 11.7. The van der Waals surface area contributed by atoms with Crippen LogP contribution in [0.15, 0.2) is 30.3 Å². The van der Waals surface area contributed by atoms with Crippen LogP contribution in [0.4, 0.5) is 4.79 Å². The molecular weight excluding hydrogens is 165 g/mol. The fourth-order valence-electron chi connectivity index (χ4n) is 1.17. The predicted octanol–water partition coefficient (Wildman–Crippen LogP) is 0.0627. The maximum Gasteiger partial charge on any atom is 0.215 e. The highest BCUT2D eigenvalue weighted by Gasteiger charge is 2.09. The van der Waals surface area contributed by atoms with E-state index in [2.05, 4.69) is 5.32 Å². The van der Waals surface area contributed by atoms with E-state index in [1.807, 2.05) is 30.3 Å². The van der Waals surface area contributed by atoms with Crippen LogP contribution in [0.5, 0.6) is 0 Å². The molecule has 0 aliphatic carbocycles. The van der Waals surface area contributed by atoms with Gasteiger partial charge in [-0.3, -0.25) is 4.79 Å². The molecule has 0 aromatic heterocycles. The van der Waals surface area contributed by atoms with E-state index >= 15 is 0 Å². The Kier molecular flexibility index (Phi) is 3.52. The van der Waals surface area contributed by atoms with E-state index < -0.39 is 0 Å². The molecule has 0 radical (unpaired) electrons. The summed E-state index contributed by atoms with van der Waals surface area (Å²) < 4.78 is 0. The van der Waals surface area contributed by atoms with Gasteiger partial charge in [-0.05, 0) is 5.56 Å². The van der Waals surface area contributed by atoms with Gasteiger partial charge in [0.15, 0.2) is 5.81 Å². The van der Waals surface area contributed by atoms with Crippen molar-refractivity contribution in [3.63, 3.8) is 0 Å². The summed E-state index contributed by atoms with van der Waals surface area (Å²) in [7, 11) is 1.44. The first kappa shape index (κ1) is 9.80. The molecule has 0 aliphatic heterocycles. The van der Waals surface area contributed by atoms with Crippen LogP contribution < -0.4 is 5.32 Å². The highest BCUT2D eigenvalue weighted by molar-refractivity contribution is 6.57. The molecule has 1 aromatic rings. The molecule has 0 aliphatic rings. The number of hydrogen-bond donors (Lipinski definition) is 2. The third-order valence-corrected chi connectivity index (χ3v) is 1.76. The number of carbonyl (C=O) groups is 1. The summed E-state index contributed by atoms with van der Waals surface area (Å²) in [4.78, 5) is 10.8. The molecule has 1 aromatic carbocycles. The summed E-state index contributed by atoms with van der Waals surface area (Å²) >= 11 is 0. The smallest absolute Gasteiger partial charge is 0.215 e. The third kappa shape index (κ3) is 2.91. The Hall–Kier alpha value is -1.29. The molecule has 0 saturated carbocycles. The van der Waals surface area contributed by atoms with Crippen LogP contribution in [0.3, 0.4) is 0 Å². The summed E-state index contributed by atoms with van der Waals surface area (Å²) in [6.07, 6.45) is 0. The Morgan fingerprint density at radius 2 is 2.08 bits per heavy atom. The maximum absolute atomic E-state index is 10.8. The lowest BCUT2D eigenvalue weighted by molar-refractivity contribution is 0.231. The number of benzene rings is 1. The van der Waals surface area contributed by atoms with Crippen LogP contribution in [0.2, 0.25) is 0 Å². The highest BCUT2D eigenvalue weighted by atomic mass is 16.3. The molecule has 68 valence electrons. The van der Waals surface area contributed by atoms with Crippen LogP contribution >= 0.6 is 0 Å². The quantitative estimate of drug-likeness (QED) is 0.641. The van der Waals surface area contributed by atoms with Gasteiger partial charge in [-0.2, -0.15) is 0 Å². The van der Waals surface area contributed by atoms with E-state index in [9.17, 15) is 4.79 Å². The molecule has 1 unspecified atom stereocenters. The second-order valence-corrected chi connectivity index (χ2v) is 2.85. The fourth-order valence-corrected chi connectivity index (χ4v) is 1.17. The molecule has 13 heavy (non-hydrogen) atoms. The summed E-state index contributed by atoms with van der Waals surface area (Å²) in [6.45, 7) is -0.0798. The van der Waals surface area contributed by atoms with E-state index in [0.29, 0.717) is 0 Å². The van der Waals surface area contributed by atoms with Crippen molar-refractivity contribution in [3.05, 3.63) is 35.9 Å². The van der Waals surface area contributed by atoms with Gasteiger partial charge in [-0.1, -0.05) is 30.3 Å². The van der Waals surface area contributed by atoms with Gasteiger partial charge >= 0.3 is 0 Å². The molecule has 4 heteroatoms. The van der Waals surface area contributed by atoms with Crippen LogP contribution in [0.25, 0.3) is 0 Å². The van der Waals surface area contributed by atoms with E-state index in [1.54, 1.807) is 0 Å². The lowest BCUT2D eigenvalue weighted by atomic mass is 10.0. The molecule has 0 saturated heterocycles. The molecular formula is C9H12BNO2. The SMILES string of the molecule is BC(=O)NC(CO)c1ccccc1. The van der Waals surface area contributed by atoms with Crippen LogP contribution in [-0.2, 0) is 0 Å². The molecule has 0 fully saturated rings. The minimum atomic E-state index is -0.293. The van der Waals surface area contributed by atoms with Crippen molar-refractivity contribution in [1.82, 2.24) is 5.32 Å². The molecule has 0 bridgehead atoms. The summed E-state index contributed by atoms with van der Waals surface area (Å²) in [6, 6.07) is 9.10. The number of rotatable bonds is 3. The maximum atomic E-state index is 10.8. The number of amides is 1. The second-order valence-electron chi connectivity index (χ2n) is 2.85. The van der Waals surface area contributed by atoms with Gasteiger partial charge in [0.25, 0.3) is 0 Å². The monoisotopic (exact) mass is 177 g/mol. The fraction of sp³-hybridized carbons (Fsp3) is 0.222. The third-order valence-electron chi connectivity index (χ3n) is 1.76. The number of hydrogen-bond acceptors (Lipinski definition) is 2. The van der Waals surface area contributed by atoms with Crippen LogP contribution in [-0.4, -0.2) is 25.4 Å². The predicted molar refractivity (Wildman–Crippen MR) is 53.3 cm³/mol. The molecule has 3 nitrogen and oxygen atoms in total. The standard InChI is InChI=1S/C9H12BNO2/c10-9(13)11-8(6-12)7-4-2-1-3-5-7/h1-5,8,12H,6,10H2,(H,11,13). The van der Waals surface area contributed by atoms with Gasteiger partial charge in [0, 0.05) is 0 Å². The van der Waals surface area contributed by atoms with Crippen LogP contribution in [0, 0.1) is 0 Å². The average Bonchev–Trinajstić information content (AvgIpc) is 2.15. The number of aliphatic hydroxyl groups is 1. The van der Waals surface area contributed by atoms with Crippen molar-refractivity contribution in [1.29, 1.82) is 0 Å². The molecule has 1 amide bonds. The molecule has 1 atom stereocenters. The Labute approximate surface area is 78.2 Å². The topological polar surface area (TPSA) is 49.3 Å². The van der Waals surface area contributed by atoms with E-state index in [1.165, 1.54) is 7.85 Å². The van der Waals surface area contributed by atoms with Gasteiger partial charge in [0.1, 0.15) is 0 Å². The first-order valence-electron chi connectivity index (χ1n) is 4.17. The number of nitrogens with one attached hydrogen (secondary N) is 1. The van der Waals surface area contributed by atoms with E-state index in [0.717, 1.165) is 5.56 Å². The zero-order valence-electron chi connectivity index (χ0n) is 7.53. The molecule has 0 spiro atoms. The van der Waals surface area contributed by atoms with Crippen molar-refractivity contribution in [2.75, 3.05) is 6.61 Å². The van der Waals surface area contributed by atoms with Crippen molar-refractivity contribution >= 4 is 13.7 Å². The zero-order chi connectivity index (χ0) is 9.68. The number of aliphatic hydroxyl groups excluding tert-OH is 1. The van der Waals surface area contributed by atoms with Gasteiger partial charge < -0.3 is 10.4 Å². The van der Waals surface area contributed by atoms with Crippen molar-refractivity contribution < 1.29 is 9.90 Å². The Morgan fingerprint density at radius 1 is 1.46 bits per heavy atom. The van der Waals surface area contributed by atoms with E-state index in [4.69, 9.17) is 5.11 Å². The first-order valence-corrected chi connectivity index (χ1v) is 4.17. The summed E-state index contributed by atoms with van der Waals surface area (Å²) in [5.74, 6) is -0.136. The molecule has 2 N–H and O–H groups in total. The van der Waals surface area contributed by atoms with Crippen LogP contribution in [0.1, 0.15) is 11.6 Å². The minimum Gasteiger partial charge on any atom is -0.394 e. The lowest BCUT2D eigenvalue weighted by Crippen LogP contribution is -2.29. The van der Waals surface area contributed by atoms with Gasteiger partial charge in [-0.15, -0.1) is 0 Å². The van der Waals surface area contributed by atoms with Crippen molar-refractivity contribution in [2.24, 2.45) is 0 Å². The Morgan fingerprint density at radius 3 is 2.54 bits per heavy atom. The van der Waals surface area contributed by atoms with Gasteiger partial charge in [0.2, 0.25) is 7.85 Å². The average molecular weight is 177 g/mol. The largest absolute Gasteiger partial charge is 0.394 e. The van der Waals surface area contributed by atoms with Crippen molar-refractivity contribution in [3.8, 4) is 0 Å². The van der Waals surface area contributed by atoms with Crippen molar-refractivity contribution in [2.45, 2.75) is 6.04 Å². The normalized spacial score (nSPS) is 12.1. The summed E-state index contributed by atoms with van der Waals surface area (Å²) in [5.41, 5.74) is 0.917. The second kappa shape index (κ2) is 4.67. The molecule has 1 rings (SSSR count). The van der Waals surface area contributed by atoms with E-state index in [-0.39, 0.29) is 18.5 Å². The highest BCUT2D eigenvalue weighted by Crippen LogP contribution is 2.10. The number of carbonyl (C=O) groups excluding carboxylic acids is 1. The van der Waals surface area contributed by atoms with Gasteiger partial charge in [-0.25, -0.2) is 0 Å². The first-order chi connectivity index (χ1) is 6.24. The Bertz CT molecular complexity index is 276. The lowest BCUT2D eigenvalue weighted by Gasteiger charge is -2.15. The molecule has 0 heterocycles. The Balaban J connectivity index is 2.73. The minimum absolute atomic E-state index is 0.0798. The van der Waals surface area contributed by atoms with Gasteiger partial charge in [0.05, 0.1) is 12.6 Å².